The van der Waals surface area contributed by atoms with Crippen LogP contribution in [0, 0.1) is 5.92 Å². The largest absolute Gasteiger partial charge is 0.494 e. The van der Waals surface area contributed by atoms with Crippen LogP contribution >= 0.6 is 0 Å². The molecule has 1 amide bonds. The maximum Gasteiger partial charge on any atom is 0.308 e. The number of piperidine rings is 1. The van der Waals surface area contributed by atoms with E-state index in [-0.39, 0.29) is 23.9 Å². The first-order valence-electron chi connectivity index (χ1n) is 10.0. The zero-order valence-corrected chi connectivity index (χ0v) is 17.0. The SMILES string of the molecule is CCOc1cc2c(cc1CNC(=O)CN1CCC(C(=O)OC)CC1)O[C@H](C)C2. The Bertz CT molecular complexity index is 713. The number of carbonyl (C=O) groups is 2. The van der Waals surface area contributed by atoms with Gasteiger partial charge < -0.3 is 19.5 Å². The summed E-state index contributed by atoms with van der Waals surface area (Å²) >= 11 is 0. The van der Waals surface area contributed by atoms with E-state index < -0.39 is 0 Å². The number of methoxy groups -OCH3 is 1. The molecule has 0 radical (unpaired) electrons. The number of esters is 1. The third-order valence-corrected chi connectivity index (χ3v) is 5.34. The Hall–Kier alpha value is -2.28. The van der Waals surface area contributed by atoms with Gasteiger partial charge in [-0.1, -0.05) is 0 Å². The molecule has 1 atom stereocenters. The van der Waals surface area contributed by atoms with Gasteiger partial charge in [-0.2, -0.15) is 0 Å². The molecule has 2 aliphatic heterocycles. The van der Waals surface area contributed by atoms with Gasteiger partial charge in [0.25, 0.3) is 0 Å². The molecule has 7 heteroatoms. The van der Waals surface area contributed by atoms with Crippen molar-refractivity contribution in [1.29, 1.82) is 0 Å². The molecule has 1 N–H and O–H groups in total. The minimum atomic E-state index is -0.152. The second-order valence-electron chi connectivity index (χ2n) is 7.48. The number of amides is 1. The summed E-state index contributed by atoms with van der Waals surface area (Å²) in [7, 11) is 1.42. The molecule has 1 saturated heterocycles. The molecule has 0 aliphatic carbocycles. The Kier molecular flexibility index (Phi) is 6.78. The van der Waals surface area contributed by atoms with Crippen molar-refractivity contribution < 1.29 is 23.8 Å². The maximum absolute atomic E-state index is 12.4. The highest BCUT2D eigenvalue weighted by atomic mass is 16.5. The molecule has 0 bridgehead atoms. The molecule has 1 fully saturated rings. The molecule has 1 aromatic rings. The van der Waals surface area contributed by atoms with Crippen molar-refractivity contribution in [3.63, 3.8) is 0 Å². The highest BCUT2D eigenvalue weighted by Crippen LogP contribution is 2.35. The van der Waals surface area contributed by atoms with Crippen LogP contribution in [0.3, 0.4) is 0 Å². The summed E-state index contributed by atoms with van der Waals surface area (Å²) in [5, 5.41) is 2.98. The normalized spacial score (nSPS) is 19.6. The number of fused-ring (bicyclic) bond motifs is 1. The first-order chi connectivity index (χ1) is 13.5. The van der Waals surface area contributed by atoms with Crippen molar-refractivity contribution in [2.45, 2.75) is 45.8 Å². The van der Waals surface area contributed by atoms with E-state index in [0.29, 0.717) is 19.7 Å². The van der Waals surface area contributed by atoms with Gasteiger partial charge in [-0.05, 0) is 51.9 Å². The van der Waals surface area contributed by atoms with Crippen molar-refractivity contribution in [3.05, 3.63) is 23.3 Å². The Balaban J connectivity index is 1.52. The summed E-state index contributed by atoms with van der Waals surface area (Å²) < 4.78 is 16.4. The van der Waals surface area contributed by atoms with Gasteiger partial charge in [-0.15, -0.1) is 0 Å². The third kappa shape index (κ3) is 4.95. The van der Waals surface area contributed by atoms with Crippen molar-refractivity contribution in [3.8, 4) is 11.5 Å². The molecule has 28 heavy (non-hydrogen) atoms. The van der Waals surface area contributed by atoms with Crippen LogP contribution in [0.2, 0.25) is 0 Å². The Labute approximate surface area is 166 Å². The molecular formula is C21H30N2O5. The minimum Gasteiger partial charge on any atom is -0.494 e. The molecule has 1 aromatic carbocycles. The lowest BCUT2D eigenvalue weighted by Crippen LogP contribution is -2.42. The van der Waals surface area contributed by atoms with Crippen LogP contribution in [-0.2, 0) is 27.3 Å². The lowest BCUT2D eigenvalue weighted by atomic mass is 9.97. The molecule has 154 valence electrons. The fourth-order valence-electron chi connectivity index (χ4n) is 3.86. The minimum absolute atomic E-state index is 0.0336. The maximum atomic E-state index is 12.4. The van der Waals surface area contributed by atoms with Gasteiger partial charge in [-0.25, -0.2) is 0 Å². The van der Waals surface area contributed by atoms with Crippen molar-refractivity contribution >= 4 is 11.9 Å². The van der Waals surface area contributed by atoms with Crippen molar-refractivity contribution in [2.24, 2.45) is 5.92 Å². The van der Waals surface area contributed by atoms with Gasteiger partial charge in [0, 0.05) is 24.1 Å². The van der Waals surface area contributed by atoms with Crippen LogP contribution in [0.1, 0.15) is 37.8 Å². The predicted molar refractivity (Wildman–Crippen MR) is 104 cm³/mol. The first-order valence-corrected chi connectivity index (χ1v) is 10.0. The zero-order valence-electron chi connectivity index (χ0n) is 17.0. The summed E-state index contributed by atoms with van der Waals surface area (Å²) in [6, 6.07) is 4.01. The smallest absolute Gasteiger partial charge is 0.308 e. The van der Waals surface area contributed by atoms with Crippen molar-refractivity contribution in [1.82, 2.24) is 10.2 Å². The Morgan fingerprint density at radius 1 is 1.29 bits per heavy atom. The third-order valence-electron chi connectivity index (χ3n) is 5.34. The average molecular weight is 390 g/mol. The van der Waals surface area contributed by atoms with E-state index in [1.165, 1.54) is 7.11 Å². The van der Waals surface area contributed by atoms with Gasteiger partial charge in [0.15, 0.2) is 0 Å². The summed E-state index contributed by atoms with van der Waals surface area (Å²) in [4.78, 5) is 26.1. The van der Waals surface area contributed by atoms with Crippen molar-refractivity contribution in [2.75, 3.05) is 33.4 Å². The van der Waals surface area contributed by atoms with Crippen LogP contribution < -0.4 is 14.8 Å². The van der Waals surface area contributed by atoms with Crippen LogP contribution in [-0.4, -0.2) is 56.2 Å². The molecule has 0 unspecified atom stereocenters. The number of hydrogen-bond acceptors (Lipinski definition) is 6. The van der Waals surface area contributed by atoms with E-state index in [0.717, 1.165) is 55.0 Å². The number of nitrogens with zero attached hydrogens (tertiary/aromatic N) is 1. The second kappa shape index (κ2) is 9.28. The number of benzene rings is 1. The fraction of sp³-hybridized carbons (Fsp3) is 0.619. The molecule has 7 nitrogen and oxygen atoms in total. The number of ether oxygens (including phenoxy) is 3. The van der Waals surface area contributed by atoms with Gasteiger partial charge in [0.1, 0.15) is 17.6 Å². The molecular weight excluding hydrogens is 360 g/mol. The summed E-state index contributed by atoms with van der Waals surface area (Å²) in [6.45, 7) is 6.75. The molecule has 2 heterocycles. The highest BCUT2D eigenvalue weighted by molar-refractivity contribution is 5.78. The van der Waals surface area contributed by atoms with Gasteiger partial charge in [-0.3, -0.25) is 14.5 Å². The number of hydrogen-bond donors (Lipinski definition) is 1. The van der Waals surface area contributed by atoms with Gasteiger partial charge >= 0.3 is 5.97 Å². The quantitative estimate of drug-likeness (QED) is 0.717. The predicted octanol–water partition coefficient (Wildman–Crippen LogP) is 1.91. The number of likely N-dealkylation sites (tertiary alicyclic amines) is 1. The van der Waals surface area contributed by atoms with Gasteiger partial charge in [0.05, 0.1) is 26.2 Å². The summed E-state index contributed by atoms with van der Waals surface area (Å²) in [5.74, 6) is 1.45. The molecule has 0 aromatic heterocycles. The molecule has 2 aliphatic rings. The van der Waals surface area contributed by atoms with E-state index >= 15 is 0 Å². The van der Waals surface area contributed by atoms with E-state index in [1.807, 2.05) is 26.0 Å². The fourth-order valence-corrected chi connectivity index (χ4v) is 3.86. The Morgan fingerprint density at radius 3 is 2.71 bits per heavy atom. The Morgan fingerprint density at radius 2 is 2.04 bits per heavy atom. The zero-order chi connectivity index (χ0) is 20.1. The van der Waals surface area contributed by atoms with E-state index in [2.05, 4.69) is 10.2 Å². The summed E-state index contributed by atoms with van der Waals surface area (Å²) in [5.41, 5.74) is 2.08. The second-order valence-corrected chi connectivity index (χ2v) is 7.48. The van der Waals surface area contributed by atoms with Crippen LogP contribution in [0.5, 0.6) is 11.5 Å². The highest BCUT2D eigenvalue weighted by Gasteiger charge is 2.26. The first kappa shape index (κ1) is 20.5. The monoisotopic (exact) mass is 390 g/mol. The molecule has 3 rings (SSSR count). The lowest BCUT2D eigenvalue weighted by Gasteiger charge is -2.30. The van der Waals surface area contributed by atoms with Crippen LogP contribution in [0.25, 0.3) is 0 Å². The lowest BCUT2D eigenvalue weighted by molar-refractivity contribution is -0.147. The molecule has 0 saturated carbocycles. The number of rotatable bonds is 7. The van der Waals surface area contributed by atoms with E-state index in [1.54, 1.807) is 0 Å². The van der Waals surface area contributed by atoms with Crippen LogP contribution in [0.15, 0.2) is 12.1 Å². The molecule has 0 spiro atoms. The average Bonchev–Trinajstić information content (AvgIpc) is 3.05. The number of nitrogens with one attached hydrogen (secondary N) is 1. The van der Waals surface area contributed by atoms with E-state index in [9.17, 15) is 9.59 Å². The standard InChI is InChI=1S/C21H30N2O5/c1-4-27-18-10-16-9-14(2)28-19(16)11-17(18)12-22-20(24)13-23-7-5-15(6-8-23)21(25)26-3/h10-11,14-15H,4-9,12-13H2,1-3H3,(H,22,24)/t14-/m1/s1. The van der Waals surface area contributed by atoms with E-state index in [4.69, 9.17) is 14.2 Å². The number of carbonyl (C=O) groups excluding carboxylic acids is 2. The topological polar surface area (TPSA) is 77.1 Å². The van der Waals surface area contributed by atoms with Gasteiger partial charge in [0.2, 0.25) is 5.91 Å². The summed E-state index contributed by atoms with van der Waals surface area (Å²) in [6.07, 6.45) is 2.51. The van der Waals surface area contributed by atoms with Crippen LogP contribution in [0.4, 0.5) is 0 Å².